The Labute approximate surface area is 179 Å². The van der Waals surface area contributed by atoms with Gasteiger partial charge in [0.2, 0.25) is 0 Å². The van der Waals surface area contributed by atoms with E-state index in [-0.39, 0.29) is 0 Å². The summed E-state index contributed by atoms with van der Waals surface area (Å²) in [6, 6.07) is 13.6. The van der Waals surface area contributed by atoms with Crippen LogP contribution in [0.3, 0.4) is 0 Å². The van der Waals surface area contributed by atoms with E-state index in [0.717, 1.165) is 11.1 Å². The number of nitrogens with zero attached hydrogens (tertiary/aromatic N) is 2. The zero-order valence-electron chi connectivity index (χ0n) is 18.8. The van der Waals surface area contributed by atoms with Gasteiger partial charge in [-0.25, -0.2) is 0 Å². The lowest BCUT2D eigenvalue weighted by atomic mass is 9.83. The minimum Gasteiger partial charge on any atom is -0.344 e. The van der Waals surface area contributed by atoms with E-state index in [9.17, 15) is 0 Å². The van der Waals surface area contributed by atoms with E-state index in [2.05, 4.69) is 101 Å². The zero-order chi connectivity index (χ0) is 21.5. The Kier molecular flexibility index (Phi) is 3.82. The van der Waals surface area contributed by atoms with Crippen molar-refractivity contribution in [2.45, 2.75) is 27.7 Å². The average Bonchev–Trinajstić information content (AvgIpc) is 2.68. The summed E-state index contributed by atoms with van der Waals surface area (Å²) in [4.78, 5) is 4.62. The standard InChI is InChI=1S/C28H28N2/c1-15-9-17(3)27-19(5)21-14-24-22(13-23(21)29(7)25(27)11-15)20(6)28-18(4)10-16(2)12-26(28)30(24)8/h9-14H,5-6H2,1-4,7-8H3. The molecule has 0 radical (unpaired) electrons. The van der Waals surface area contributed by atoms with Crippen molar-refractivity contribution in [2.24, 2.45) is 0 Å². The van der Waals surface area contributed by atoms with Crippen molar-refractivity contribution in [3.63, 3.8) is 0 Å². The maximum absolute atomic E-state index is 4.52. The first-order chi connectivity index (χ1) is 14.2. The molecule has 0 saturated carbocycles. The molecule has 150 valence electrons. The topological polar surface area (TPSA) is 6.48 Å². The largest absolute Gasteiger partial charge is 0.344 e. The van der Waals surface area contributed by atoms with E-state index < -0.39 is 0 Å². The fourth-order valence-electron chi connectivity index (χ4n) is 5.35. The molecule has 2 heterocycles. The van der Waals surface area contributed by atoms with Crippen LogP contribution in [0.2, 0.25) is 0 Å². The first-order valence-electron chi connectivity index (χ1n) is 10.5. The quantitative estimate of drug-likeness (QED) is 0.399. The fourth-order valence-corrected chi connectivity index (χ4v) is 5.35. The van der Waals surface area contributed by atoms with Gasteiger partial charge in [-0.05, 0) is 85.4 Å². The SMILES string of the molecule is C=C1c2cc3c(cc2N(C)c2cc(C)cc(C)c21)C(=C)c1c(C)cc(C)cc1N3C. The molecule has 0 saturated heterocycles. The summed E-state index contributed by atoms with van der Waals surface area (Å²) in [5, 5.41) is 0. The number of hydrogen-bond donors (Lipinski definition) is 0. The molecule has 3 aromatic rings. The Morgan fingerprint density at radius 3 is 1.27 bits per heavy atom. The molecule has 0 fully saturated rings. The van der Waals surface area contributed by atoms with Gasteiger partial charge in [-0.1, -0.05) is 25.3 Å². The van der Waals surface area contributed by atoms with Crippen molar-refractivity contribution in [1.82, 2.24) is 0 Å². The van der Waals surface area contributed by atoms with E-state index in [4.69, 9.17) is 0 Å². The predicted octanol–water partition coefficient (Wildman–Crippen LogP) is 7.21. The van der Waals surface area contributed by atoms with Gasteiger partial charge in [-0.15, -0.1) is 0 Å². The molecule has 0 aliphatic carbocycles. The van der Waals surface area contributed by atoms with E-state index >= 15 is 0 Å². The maximum atomic E-state index is 4.52. The molecule has 0 amide bonds. The third kappa shape index (κ3) is 2.37. The minimum atomic E-state index is 1.10. The molecule has 0 unspecified atom stereocenters. The van der Waals surface area contributed by atoms with Crippen LogP contribution in [0, 0.1) is 27.7 Å². The Bertz CT molecular complexity index is 1190. The second-order valence-corrected chi connectivity index (χ2v) is 8.91. The van der Waals surface area contributed by atoms with Crippen LogP contribution in [0.25, 0.3) is 11.1 Å². The predicted molar refractivity (Wildman–Crippen MR) is 131 cm³/mol. The monoisotopic (exact) mass is 392 g/mol. The Morgan fingerprint density at radius 1 is 0.533 bits per heavy atom. The Hall–Kier alpha value is -3.26. The molecule has 30 heavy (non-hydrogen) atoms. The molecule has 2 aliphatic rings. The number of benzene rings is 3. The molecule has 5 rings (SSSR count). The highest BCUT2D eigenvalue weighted by Crippen LogP contribution is 2.52. The molecule has 3 aromatic carbocycles. The van der Waals surface area contributed by atoms with Crippen LogP contribution in [-0.2, 0) is 0 Å². The van der Waals surface area contributed by atoms with Crippen LogP contribution in [0.1, 0.15) is 44.5 Å². The van der Waals surface area contributed by atoms with Crippen LogP contribution in [0.4, 0.5) is 22.7 Å². The molecule has 0 bridgehead atoms. The molecule has 0 atom stereocenters. The van der Waals surface area contributed by atoms with E-state index in [1.165, 1.54) is 67.3 Å². The summed E-state index contributed by atoms with van der Waals surface area (Å²) < 4.78 is 0. The summed E-state index contributed by atoms with van der Waals surface area (Å²) >= 11 is 0. The van der Waals surface area contributed by atoms with Crippen molar-refractivity contribution in [1.29, 1.82) is 0 Å². The highest BCUT2D eigenvalue weighted by Gasteiger charge is 2.31. The number of aryl methyl sites for hydroxylation is 4. The van der Waals surface area contributed by atoms with Gasteiger partial charge in [0.05, 0.1) is 0 Å². The van der Waals surface area contributed by atoms with Crippen molar-refractivity contribution in [3.05, 3.63) is 94.1 Å². The van der Waals surface area contributed by atoms with E-state index in [1.807, 2.05) is 0 Å². The molecule has 2 aliphatic heterocycles. The van der Waals surface area contributed by atoms with Crippen LogP contribution < -0.4 is 9.80 Å². The fraction of sp³-hybridized carbons (Fsp3) is 0.214. The summed E-state index contributed by atoms with van der Waals surface area (Å²) in [6.07, 6.45) is 0. The molecular formula is C28H28N2. The molecule has 0 spiro atoms. The molecular weight excluding hydrogens is 364 g/mol. The lowest BCUT2D eigenvalue weighted by molar-refractivity contribution is 1.12. The van der Waals surface area contributed by atoms with Crippen LogP contribution in [0.15, 0.2) is 49.6 Å². The highest BCUT2D eigenvalue weighted by atomic mass is 15.1. The highest BCUT2D eigenvalue weighted by molar-refractivity contribution is 6.04. The smallest absolute Gasteiger partial charge is 0.0495 e. The van der Waals surface area contributed by atoms with Gasteiger partial charge in [0, 0.05) is 59.1 Å². The summed E-state index contributed by atoms with van der Waals surface area (Å²) in [6.45, 7) is 17.7. The lowest BCUT2D eigenvalue weighted by Gasteiger charge is -2.38. The Morgan fingerprint density at radius 2 is 0.900 bits per heavy atom. The van der Waals surface area contributed by atoms with Crippen molar-refractivity contribution >= 4 is 33.9 Å². The molecule has 2 heteroatoms. The van der Waals surface area contributed by atoms with Gasteiger partial charge in [-0.3, -0.25) is 0 Å². The second kappa shape index (κ2) is 6.12. The number of rotatable bonds is 0. The van der Waals surface area contributed by atoms with E-state index in [0.29, 0.717) is 0 Å². The molecule has 0 N–H and O–H groups in total. The zero-order valence-corrected chi connectivity index (χ0v) is 18.8. The van der Waals surface area contributed by atoms with Crippen LogP contribution >= 0.6 is 0 Å². The third-order valence-corrected chi connectivity index (χ3v) is 6.73. The van der Waals surface area contributed by atoms with Gasteiger partial charge < -0.3 is 9.80 Å². The van der Waals surface area contributed by atoms with Gasteiger partial charge in [-0.2, -0.15) is 0 Å². The second-order valence-electron chi connectivity index (χ2n) is 8.91. The first kappa shape index (κ1) is 18.7. The minimum absolute atomic E-state index is 1.10. The van der Waals surface area contributed by atoms with E-state index in [1.54, 1.807) is 0 Å². The number of hydrogen-bond acceptors (Lipinski definition) is 2. The third-order valence-electron chi connectivity index (χ3n) is 6.73. The average molecular weight is 393 g/mol. The van der Waals surface area contributed by atoms with Crippen LogP contribution in [-0.4, -0.2) is 14.1 Å². The van der Waals surface area contributed by atoms with Crippen molar-refractivity contribution < 1.29 is 0 Å². The van der Waals surface area contributed by atoms with Gasteiger partial charge >= 0.3 is 0 Å². The summed E-state index contributed by atoms with van der Waals surface area (Å²) in [5.74, 6) is 0. The van der Waals surface area contributed by atoms with Gasteiger partial charge in [0.1, 0.15) is 0 Å². The number of anilines is 4. The van der Waals surface area contributed by atoms with Gasteiger partial charge in [0.15, 0.2) is 0 Å². The molecule has 2 nitrogen and oxygen atoms in total. The molecule has 0 aromatic heterocycles. The Balaban J connectivity index is 1.77. The normalized spacial score (nSPS) is 14.3. The summed E-state index contributed by atoms with van der Waals surface area (Å²) in [7, 11) is 4.32. The maximum Gasteiger partial charge on any atom is 0.0495 e. The lowest BCUT2D eigenvalue weighted by Crippen LogP contribution is -2.23. The van der Waals surface area contributed by atoms with Crippen molar-refractivity contribution in [3.8, 4) is 0 Å². The number of fused-ring (bicyclic) bond motifs is 4. The van der Waals surface area contributed by atoms with Crippen molar-refractivity contribution in [2.75, 3.05) is 23.9 Å². The first-order valence-corrected chi connectivity index (χ1v) is 10.5. The van der Waals surface area contributed by atoms with Crippen LogP contribution in [0.5, 0.6) is 0 Å². The summed E-state index contributed by atoms with van der Waals surface area (Å²) in [5.41, 5.74) is 17.0. The van der Waals surface area contributed by atoms with Gasteiger partial charge in [0.25, 0.3) is 0 Å².